The van der Waals surface area contributed by atoms with Crippen molar-refractivity contribution in [3.63, 3.8) is 0 Å². The Morgan fingerprint density at radius 3 is 2.78 bits per heavy atom. The van der Waals surface area contributed by atoms with Crippen molar-refractivity contribution in [1.29, 1.82) is 0 Å². The molecule has 1 aliphatic rings. The lowest BCUT2D eigenvalue weighted by Gasteiger charge is -2.24. The summed E-state index contributed by atoms with van der Waals surface area (Å²) in [6.07, 6.45) is 1.67. The summed E-state index contributed by atoms with van der Waals surface area (Å²) in [5, 5.41) is 6.90. The number of nitrogens with zero attached hydrogens (tertiary/aromatic N) is 3. The van der Waals surface area contributed by atoms with E-state index in [4.69, 9.17) is 4.74 Å². The van der Waals surface area contributed by atoms with Crippen molar-refractivity contribution >= 4 is 43.7 Å². The van der Waals surface area contributed by atoms with Gasteiger partial charge < -0.3 is 4.74 Å². The number of fused-ring (bicyclic) bond motifs is 1. The maximum Gasteiger partial charge on any atom is 0.229 e. The molecular weight excluding hydrogens is 483 g/mol. The van der Waals surface area contributed by atoms with Crippen molar-refractivity contribution in [2.75, 3.05) is 5.32 Å². The Morgan fingerprint density at radius 1 is 1.26 bits per heavy atom. The van der Waals surface area contributed by atoms with E-state index in [1.807, 2.05) is 12.1 Å². The minimum atomic E-state index is -0.302. The van der Waals surface area contributed by atoms with Crippen molar-refractivity contribution < 1.29 is 13.9 Å². The summed E-state index contributed by atoms with van der Waals surface area (Å²) < 4.78 is 22.3. The van der Waals surface area contributed by atoms with Gasteiger partial charge in [0.05, 0.1) is 21.4 Å². The first-order chi connectivity index (χ1) is 13.0. The smallest absolute Gasteiger partial charge is 0.229 e. The fourth-order valence-electron chi connectivity index (χ4n) is 2.96. The Bertz CT molecular complexity index is 1000. The zero-order valence-electron chi connectivity index (χ0n) is 13.8. The van der Waals surface area contributed by atoms with E-state index in [-0.39, 0.29) is 30.8 Å². The molecule has 2 heterocycles. The molecule has 0 spiro atoms. The SMILES string of the molecule is O=C1C[C@@H](c2cc(Br)c(OCc3cccc(F)c3)c(Br)c2)n2ncnc2N1. The third kappa shape index (κ3) is 3.74. The van der Waals surface area contributed by atoms with Crippen molar-refractivity contribution in [3.05, 3.63) is 68.6 Å². The van der Waals surface area contributed by atoms with Crippen LogP contribution in [0.5, 0.6) is 5.75 Å². The van der Waals surface area contributed by atoms with Gasteiger partial charge in [-0.15, -0.1) is 0 Å². The molecule has 0 radical (unpaired) electrons. The molecule has 138 valence electrons. The monoisotopic (exact) mass is 494 g/mol. The van der Waals surface area contributed by atoms with Gasteiger partial charge in [0.15, 0.2) is 0 Å². The van der Waals surface area contributed by atoms with Crippen LogP contribution in [-0.4, -0.2) is 20.7 Å². The molecule has 1 atom stereocenters. The molecule has 2 aromatic carbocycles. The normalized spacial score (nSPS) is 16.0. The molecule has 1 aromatic heterocycles. The Labute approximate surface area is 171 Å². The number of carbonyl (C=O) groups is 1. The maximum atomic E-state index is 13.3. The van der Waals surface area contributed by atoms with Crippen LogP contribution in [0.1, 0.15) is 23.6 Å². The van der Waals surface area contributed by atoms with E-state index in [0.29, 0.717) is 11.7 Å². The van der Waals surface area contributed by atoms with Crippen LogP contribution in [-0.2, 0) is 11.4 Å². The molecule has 1 N–H and O–H groups in total. The van der Waals surface area contributed by atoms with Crippen LogP contribution in [0.15, 0.2) is 51.7 Å². The molecule has 4 rings (SSSR count). The van der Waals surface area contributed by atoms with Crippen molar-refractivity contribution in [3.8, 4) is 5.75 Å². The molecular formula is C18H13Br2FN4O2. The Balaban J connectivity index is 1.60. The number of ether oxygens (including phenoxy) is 1. The second-order valence-electron chi connectivity index (χ2n) is 6.03. The molecule has 9 heteroatoms. The van der Waals surface area contributed by atoms with Gasteiger partial charge in [0.25, 0.3) is 0 Å². The van der Waals surface area contributed by atoms with E-state index in [9.17, 15) is 9.18 Å². The van der Waals surface area contributed by atoms with E-state index < -0.39 is 0 Å². The van der Waals surface area contributed by atoms with Gasteiger partial charge in [0.1, 0.15) is 24.5 Å². The van der Waals surface area contributed by atoms with Crippen LogP contribution >= 0.6 is 31.9 Å². The molecule has 0 aliphatic carbocycles. The fraction of sp³-hybridized carbons (Fsp3) is 0.167. The highest BCUT2D eigenvalue weighted by Gasteiger charge is 2.28. The van der Waals surface area contributed by atoms with Crippen LogP contribution in [0.3, 0.4) is 0 Å². The summed E-state index contributed by atoms with van der Waals surface area (Å²) in [6.45, 7) is 0.230. The predicted octanol–water partition coefficient (Wildman–Crippen LogP) is 4.45. The predicted molar refractivity (Wildman–Crippen MR) is 104 cm³/mol. The van der Waals surface area contributed by atoms with Gasteiger partial charge >= 0.3 is 0 Å². The van der Waals surface area contributed by atoms with Crippen molar-refractivity contribution in [2.45, 2.75) is 19.1 Å². The summed E-state index contributed by atoms with van der Waals surface area (Å²) in [5.74, 6) is 0.611. The number of halogens is 3. The third-order valence-electron chi connectivity index (χ3n) is 4.18. The van der Waals surface area contributed by atoms with Crippen LogP contribution in [0.4, 0.5) is 10.3 Å². The molecule has 27 heavy (non-hydrogen) atoms. The minimum absolute atomic E-state index is 0.112. The number of hydrogen-bond acceptors (Lipinski definition) is 4. The summed E-state index contributed by atoms with van der Waals surface area (Å²) in [6, 6.07) is 9.78. The first-order valence-corrected chi connectivity index (χ1v) is 9.65. The van der Waals surface area contributed by atoms with Crippen molar-refractivity contribution in [2.24, 2.45) is 0 Å². The summed E-state index contributed by atoms with van der Waals surface area (Å²) >= 11 is 7.05. The van der Waals surface area contributed by atoms with E-state index >= 15 is 0 Å². The molecule has 1 amide bonds. The highest BCUT2D eigenvalue weighted by atomic mass is 79.9. The van der Waals surface area contributed by atoms with Crippen LogP contribution < -0.4 is 10.1 Å². The van der Waals surface area contributed by atoms with Gasteiger partial charge in [-0.1, -0.05) is 12.1 Å². The molecule has 0 saturated heterocycles. The lowest BCUT2D eigenvalue weighted by molar-refractivity contribution is -0.117. The maximum absolute atomic E-state index is 13.3. The number of anilines is 1. The number of benzene rings is 2. The minimum Gasteiger partial charge on any atom is -0.487 e. The molecule has 6 nitrogen and oxygen atoms in total. The van der Waals surface area contributed by atoms with Gasteiger partial charge in [-0.2, -0.15) is 10.1 Å². The lowest BCUT2D eigenvalue weighted by atomic mass is 10.0. The first kappa shape index (κ1) is 18.1. The Hall–Kier alpha value is -2.26. The lowest BCUT2D eigenvalue weighted by Crippen LogP contribution is -2.29. The Morgan fingerprint density at radius 2 is 2.04 bits per heavy atom. The molecule has 3 aromatic rings. The van der Waals surface area contributed by atoms with Crippen LogP contribution in [0.2, 0.25) is 0 Å². The molecule has 0 bridgehead atoms. The number of hydrogen-bond donors (Lipinski definition) is 1. The molecule has 0 fully saturated rings. The van der Waals surface area contributed by atoms with Crippen LogP contribution in [0.25, 0.3) is 0 Å². The average molecular weight is 496 g/mol. The van der Waals surface area contributed by atoms with Gasteiger partial charge in [0, 0.05) is 0 Å². The Kier molecular flexibility index (Phi) is 4.96. The fourth-order valence-corrected chi connectivity index (χ4v) is 4.41. The van der Waals surface area contributed by atoms with Gasteiger partial charge in [-0.05, 0) is 67.3 Å². The third-order valence-corrected chi connectivity index (χ3v) is 5.35. The number of aromatic nitrogens is 3. The number of carbonyl (C=O) groups excluding carboxylic acids is 1. The highest BCUT2D eigenvalue weighted by Crippen LogP contribution is 2.39. The largest absolute Gasteiger partial charge is 0.487 e. The quantitative estimate of drug-likeness (QED) is 0.580. The summed E-state index contributed by atoms with van der Waals surface area (Å²) in [7, 11) is 0. The summed E-state index contributed by atoms with van der Waals surface area (Å²) in [5.41, 5.74) is 1.61. The first-order valence-electron chi connectivity index (χ1n) is 8.07. The van der Waals surface area contributed by atoms with Gasteiger partial charge in [-0.25, -0.2) is 9.07 Å². The molecule has 1 aliphatic heterocycles. The topological polar surface area (TPSA) is 69.0 Å². The van der Waals surface area contributed by atoms with Crippen molar-refractivity contribution in [1.82, 2.24) is 14.8 Å². The number of amides is 1. The van der Waals surface area contributed by atoms with Gasteiger partial charge in [0.2, 0.25) is 11.9 Å². The van der Waals surface area contributed by atoms with Gasteiger partial charge in [-0.3, -0.25) is 10.1 Å². The average Bonchev–Trinajstić information content (AvgIpc) is 3.08. The zero-order valence-corrected chi connectivity index (χ0v) is 17.0. The molecule has 0 unspecified atom stereocenters. The van der Waals surface area contributed by atoms with E-state index in [1.165, 1.54) is 18.5 Å². The van der Waals surface area contributed by atoms with E-state index in [0.717, 1.165) is 20.1 Å². The summed E-state index contributed by atoms with van der Waals surface area (Å²) in [4.78, 5) is 16.0. The standard InChI is InChI=1S/C18H13Br2FN4O2/c19-13-5-11(15-7-16(26)24-18-22-9-23-25(15)18)6-14(20)17(13)27-8-10-2-1-3-12(21)4-10/h1-6,9,15H,7-8H2,(H,22,23,24,26)/t15-/m0/s1. The van der Waals surface area contributed by atoms with E-state index in [2.05, 4.69) is 47.3 Å². The number of nitrogens with one attached hydrogen (secondary N) is 1. The number of rotatable bonds is 4. The second kappa shape index (κ2) is 7.40. The highest BCUT2D eigenvalue weighted by molar-refractivity contribution is 9.11. The van der Waals surface area contributed by atoms with Crippen LogP contribution in [0, 0.1) is 5.82 Å². The molecule has 0 saturated carbocycles. The second-order valence-corrected chi connectivity index (χ2v) is 7.74. The zero-order chi connectivity index (χ0) is 19.0. The van der Waals surface area contributed by atoms with E-state index in [1.54, 1.807) is 16.8 Å².